The largest absolute Gasteiger partial charge is 0.508 e. The molecular weight excluding hydrogens is 317 g/mol. The summed E-state index contributed by atoms with van der Waals surface area (Å²) >= 11 is 0. The van der Waals surface area contributed by atoms with Gasteiger partial charge in [0.25, 0.3) is 0 Å². The minimum Gasteiger partial charge on any atom is -0.411 e. The van der Waals surface area contributed by atoms with Crippen LogP contribution in [0.4, 0.5) is 13.2 Å². The topological polar surface area (TPSA) is 79.2 Å². The second-order valence-corrected chi connectivity index (χ2v) is 13.8. The molecule has 0 aromatic carbocycles. The molecular formula is C8H19F3O5Si3. The molecule has 0 spiro atoms. The summed E-state index contributed by atoms with van der Waals surface area (Å²) in [5, 5.41) is 0. The van der Waals surface area contributed by atoms with Crippen LogP contribution in [-0.2, 0) is 8.23 Å². The van der Waals surface area contributed by atoms with E-state index in [-0.39, 0.29) is 0 Å². The highest BCUT2D eigenvalue weighted by atomic mass is 28.5. The summed E-state index contributed by atoms with van der Waals surface area (Å²) in [4.78, 5) is 29.4. The molecule has 0 bridgehead atoms. The maximum atomic E-state index is 12.1. The van der Waals surface area contributed by atoms with Crippen molar-refractivity contribution in [3.63, 3.8) is 0 Å². The average Bonchev–Trinajstić information content (AvgIpc) is 2.10. The van der Waals surface area contributed by atoms with Crippen LogP contribution in [0.25, 0.3) is 0 Å². The zero-order valence-electron chi connectivity index (χ0n) is 11.0. The van der Waals surface area contributed by atoms with Gasteiger partial charge in [0.1, 0.15) is 0 Å². The van der Waals surface area contributed by atoms with Gasteiger partial charge in [-0.1, -0.05) is 6.58 Å². The third-order valence-electron chi connectivity index (χ3n) is 1.89. The van der Waals surface area contributed by atoms with Gasteiger partial charge in [0, 0.05) is 6.42 Å². The summed E-state index contributed by atoms with van der Waals surface area (Å²) in [6, 6.07) is -0.629. The Bertz CT molecular complexity index is 318. The van der Waals surface area contributed by atoms with Gasteiger partial charge in [0.2, 0.25) is 0 Å². The quantitative estimate of drug-likeness (QED) is 0.612. The third kappa shape index (κ3) is 9.50. The van der Waals surface area contributed by atoms with E-state index in [1.165, 1.54) is 13.1 Å². The Morgan fingerprint density at radius 1 is 1.11 bits per heavy atom. The highest BCUT2D eigenvalue weighted by molar-refractivity contribution is 6.84. The highest BCUT2D eigenvalue weighted by Crippen LogP contribution is 2.27. The number of hydrogen-bond acceptors (Lipinski definition) is 5. The Kier molecular flexibility index (Phi) is 6.17. The maximum Gasteiger partial charge on any atom is 0.508 e. The van der Waals surface area contributed by atoms with Crippen LogP contribution in [0.3, 0.4) is 0 Å². The van der Waals surface area contributed by atoms with E-state index in [9.17, 15) is 27.6 Å². The van der Waals surface area contributed by atoms with E-state index in [0.717, 1.165) is 12.2 Å². The van der Waals surface area contributed by atoms with Crippen molar-refractivity contribution in [2.75, 3.05) is 0 Å². The van der Waals surface area contributed by atoms with Crippen molar-refractivity contribution in [1.82, 2.24) is 0 Å². The molecule has 0 fully saturated rings. The van der Waals surface area contributed by atoms with Crippen LogP contribution in [-0.4, -0.2) is 46.5 Å². The summed E-state index contributed by atoms with van der Waals surface area (Å²) in [6.07, 6.45) is -5.63. The molecule has 2 unspecified atom stereocenters. The van der Waals surface area contributed by atoms with Crippen molar-refractivity contribution in [1.29, 1.82) is 0 Å². The molecule has 0 aromatic heterocycles. The van der Waals surface area contributed by atoms with E-state index in [0.29, 0.717) is 0 Å². The summed E-state index contributed by atoms with van der Waals surface area (Å²) in [7, 11) is -11.0. The van der Waals surface area contributed by atoms with Gasteiger partial charge in [-0.25, -0.2) is 0 Å². The molecule has 114 valence electrons. The van der Waals surface area contributed by atoms with Gasteiger partial charge in [-0.15, -0.1) is 0 Å². The van der Waals surface area contributed by atoms with E-state index in [1.807, 2.05) is 0 Å². The molecule has 0 aliphatic rings. The first-order valence-corrected chi connectivity index (χ1v) is 12.7. The first-order chi connectivity index (χ1) is 8.18. The number of halogens is 3. The van der Waals surface area contributed by atoms with Gasteiger partial charge in [-0.2, -0.15) is 13.2 Å². The molecule has 0 saturated carbocycles. The maximum absolute atomic E-state index is 12.1. The van der Waals surface area contributed by atoms with Crippen LogP contribution in [0.5, 0.6) is 0 Å². The van der Waals surface area contributed by atoms with Crippen molar-refractivity contribution >= 4 is 25.9 Å². The van der Waals surface area contributed by atoms with Gasteiger partial charge in [0.15, 0.2) is 0 Å². The van der Waals surface area contributed by atoms with Crippen LogP contribution >= 0.6 is 0 Å². The molecule has 0 aliphatic heterocycles. The lowest BCUT2D eigenvalue weighted by molar-refractivity contribution is -0.131. The van der Waals surface area contributed by atoms with Gasteiger partial charge in [0.05, 0.1) is 0 Å². The number of rotatable bonds is 7. The van der Waals surface area contributed by atoms with E-state index in [2.05, 4.69) is 6.58 Å². The van der Waals surface area contributed by atoms with Crippen molar-refractivity contribution in [2.24, 2.45) is 0 Å². The fraction of sp³-hybridized carbons (Fsp3) is 0.750. The zero-order chi connectivity index (χ0) is 15.5. The molecule has 3 N–H and O–H groups in total. The fourth-order valence-electron chi connectivity index (χ4n) is 1.20. The van der Waals surface area contributed by atoms with E-state index >= 15 is 0 Å². The minimum atomic E-state index is -4.42. The number of hydrogen-bond donors (Lipinski definition) is 3. The minimum absolute atomic E-state index is 0.629. The molecule has 0 radical (unpaired) electrons. The zero-order valence-corrected chi connectivity index (χ0v) is 14.0. The molecule has 0 heterocycles. The van der Waals surface area contributed by atoms with E-state index < -0.39 is 44.6 Å². The molecule has 0 rings (SSSR count). The molecule has 0 aliphatic carbocycles. The van der Waals surface area contributed by atoms with Crippen LogP contribution in [0.15, 0.2) is 12.3 Å². The third-order valence-corrected chi connectivity index (χ3v) is 9.68. The summed E-state index contributed by atoms with van der Waals surface area (Å²) in [6.45, 7) is 7.09. The molecule has 0 amide bonds. The second-order valence-electron chi connectivity index (χ2n) is 4.78. The summed E-state index contributed by atoms with van der Waals surface area (Å²) < 4.78 is 46.2. The molecule has 5 nitrogen and oxygen atoms in total. The smallest absolute Gasteiger partial charge is 0.411 e. The first-order valence-electron chi connectivity index (χ1n) is 5.46. The SMILES string of the molecule is C=C[Si](O)(O[Si](C)(C)O)O[Si](C)(O)CCC(F)(F)F. The summed E-state index contributed by atoms with van der Waals surface area (Å²) in [5.74, 6) is 0. The van der Waals surface area contributed by atoms with Crippen LogP contribution < -0.4 is 0 Å². The lowest BCUT2D eigenvalue weighted by Gasteiger charge is -2.33. The van der Waals surface area contributed by atoms with Crippen molar-refractivity contribution in [3.8, 4) is 0 Å². The van der Waals surface area contributed by atoms with Crippen molar-refractivity contribution in [2.45, 2.75) is 38.3 Å². The predicted molar refractivity (Wildman–Crippen MR) is 69.4 cm³/mol. The number of alkyl halides is 3. The molecule has 0 aromatic rings. The highest BCUT2D eigenvalue weighted by Gasteiger charge is 2.47. The Morgan fingerprint density at radius 3 is 1.89 bits per heavy atom. The first kappa shape index (κ1) is 19.0. The van der Waals surface area contributed by atoms with Gasteiger partial charge in [-0.3, -0.25) is 0 Å². The monoisotopic (exact) mass is 336 g/mol. The Morgan fingerprint density at radius 2 is 1.58 bits per heavy atom. The normalized spacial score (nSPS) is 19.6. The van der Waals surface area contributed by atoms with Crippen LogP contribution in [0, 0.1) is 0 Å². The average molecular weight is 336 g/mol. The molecule has 2 atom stereocenters. The van der Waals surface area contributed by atoms with Crippen LogP contribution in [0.2, 0.25) is 25.7 Å². The van der Waals surface area contributed by atoms with Gasteiger partial charge in [-0.05, 0) is 31.4 Å². The Labute approximate surface area is 113 Å². The van der Waals surface area contributed by atoms with Crippen molar-refractivity contribution in [3.05, 3.63) is 12.3 Å². The molecule has 0 saturated heterocycles. The van der Waals surface area contributed by atoms with E-state index in [1.54, 1.807) is 0 Å². The van der Waals surface area contributed by atoms with Crippen molar-refractivity contribution < 1.29 is 35.8 Å². The second kappa shape index (κ2) is 6.17. The lowest BCUT2D eigenvalue weighted by Crippen LogP contribution is -2.56. The van der Waals surface area contributed by atoms with Crippen LogP contribution in [0.1, 0.15) is 6.42 Å². The standard InChI is InChI=1S/C8H19F3O5Si3/c1-5-19(14,15-17(2,3)12)16-18(4,13)7-6-8(9,10)11/h5,12-14H,1,6-7H2,2-4H3. The van der Waals surface area contributed by atoms with Gasteiger partial charge < -0.3 is 22.6 Å². The fourth-order valence-corrected chi connectivity index (χ4v) is 8.95. The Hall–Kier alpha value is -0.0194. The van der Waals surface area contributed by atoms with E-state index in [4.69, 9.17) is 8.23 Å². The van der Waals surface area contributed by atoms with Gasteiger partial charge >= 0.3 is 32.1 Å². The lowest BCUT2D eigenvalue weighted by atomic mass is 10.5. The molecule has 19 heavy (non-hydrogen) atoms. The summed E-state index contributed by atoms with van der Waals surface area (Å²) in [5.41, 5.74) is 0.910. The Balaban J connectivity index is 4.71. The predicted octanol–water partition coefficient (Wildman–Crippen LogP) is 1.39. The molecule has 11 heteroatoms.